The molecule has 1 aliphatic rings. The topological polar surface area (TPSA) is 81.6 Å². The van der Waals surface area contributed by atoms with Crippen LogP contribution >= 0.6 is 0 Å². The van der Waals surface area contributed by atoms with E-state index in [9.17, 15) is 4.79 Å². The third kappa shape index (κ3) is 2.83. The second-order valence-electron chi connectivity index (χ2n) is 4.26. The molecule has 0 radical (unpaired) electrons. The molecule has 1 fully saturated rings. The van der Waals surface area contributed by atoms with E-state index in [1.54, 1.807) is 18.1 Å². The summed E-state index contributed by atoms with van der Waals surface area (Å²) in [7, 11) is 1.56. The minimum Gasteiger partial charge on any atom is -0.377 e. The number of likely N-dealkylation sites (tertiary alicyclic amines) is 1. The minimum absolute atomic E-state index is 0.0676. The Hall–Kier alpha value is -1.40. The summed E-state index contributed by atoms with van der Waals surface area (Å²) in [6.07, 6.45) is 1.91. The van der Waals surface area contributed by atoms with Crippen LogP contribution in [0.3, 0.4) is 0 Å². The molecular weight excluding hydrogens is 222 g/mol. The Kier molecular flexibility index (Phi) is 3.75. The molecule has 0 saturated carbocycles. The summed E-state index contributed by atoms with van der Waals surface area (Å²) in [6.45, 7) is 1.64. The van der Waals surface area contributed by atoms with E-state index in [2.05, 4.69) is 5.16 Å². The number of methoxy groups -OCH3 is 1. The van der Waals surface area contributed by atoms with Crippen molar-refractivity contribution in [2.75, 3.05) is 20.2 Å². The third-order valence-electron chi connectivity index (χ3n) is 2.81. The van der Waals surface area contributed by atoms with Crippen LogP contribution in [0.1, 0.15) is 29.1 Å². The van der Waals surface area contributed by atoms with Crippen molar-refractivity contribution in [3.63, 3.8) is 0 Å². The Bertz CT molecular complexity index is 391. The molecule has 1 saturated heterocycles. The minimum atomic E-state index is -0.119. The average Bonchev–Trinajstić information content (AvgIpc) is 2.77. The van der Waals surface area contributed by atoms with E-state index in [4.69, 9.17) is 15.0 Å². The summed E-state index contributed by atoms with van der Waals surface area (Å²) >= 11 is 0. The molecule has 1 atom stereocenters. The first-order valence-electron chi connectivity index (χ1n) is 5.70. The van der Waals surface area contributed by atoms with E-state index in [1.165, 1.54) is 0 Å². The van der Waals surface area contributed by atoms with Crippen molar-refractivity contribution in [3.8, 4) is 0 Å². The smallest absolute Gasteiger partial charge is 0.276 e. The van der Waals surface area contributed by atoms with Gasteiger partial charge in [-0.25, -0.2) is 0 Å². The van der Waals surface area contributed by atoms with Gasteiger partial charge in [-0.2, -0.15) is 0 Å². The van der Waals surface area contributed by atoms with Crippen LogP contribution in [0, 0.1) is 0 Å². The number of rotatable bonds is 3. The molecule has 94 valence electrons. The molecule has 1 aromatic heterocycles. The van der Waals surface area contributed by atoms with Crippen molar-refractivity contribution in [1.29, 1.82) is 0 Å². The van der Waals surface area contributed by atoms with Crippen molar-refractivity contribution < 1.29 is 14.1 Å². The van der Waals surface area contributed by atoms with Crippen LogP contribution in [-0.2, 0) is 11.3 Å². The maximum Gasteiger partial charge on any atom is 0.276 e. The maximum atomic E-state index is 12.1. The fourth-order valence-corrected chi connectivity index (χ4v) is 1.98. The Labute approximate surface area is 99.7 Å². The lowest BCUT2D eigenvalue weighted by Gasteiger charge is -2.29. The van der Waals surface area contributed by atoms with Crippen molar-refractivity contribution in [3.05, 3.63) is 17.5 Å². The number of nitrogens with two attached hydrogens (primary N) is 1. The standard InChI is InChI=1S/C11H17N3O3/c1-16-7-9-5-10(13-17-9)11(15)14-4-2-3-8(12)6-14/h5,8H,2-4,6-7,12H2,1H3/t8-/m1/s1. The normalized spacial score (nSPS) is 20.6. The molecule has 0 aromatic carbocycles. The first-order valence-corrected chi connectivity index (χ1v) is 5.70. The number of piperidine rings is 1. The molecule has 0 unspecified atom stereocenters. The molecule has 2 N–H and O–H groups in total. The van der Waals surface area contributed by atoms with Gasteiger partial charge in [0.25, 0.3) is 5.91 Å². The number of carbonyl (C=O) groups is 1. The van der Waals surface area contributed by atoms with E-state index in [0.717, 1.165) is 19.4 Å². The summed E-state index contributed by atoms with van der Waals surface area (Å²) < 4.78 is 9.89. The van der Waals surface area contributed by atoms with Gasteiger partial charge >= 0.3 is 0 Å². The van der Waals surface area contributed by atoms with Crippen molar-refractivity contribution in [2.45, 2.75) is 25.5 Å². The second-order valence-corrected chi connectivity index (χ2v) is 4.26. The van der Waals surface area contributed by atoms with Crippen LogP contribution in [0.25, 0.3) is 0 Å². The lowest BCUT2D eigenvalue weighted by molar-refractivity contribution is 0.0698. The van der Waals surface area contributed by atoms with Gasteiger partial charge in [0.05, 0.1) is 0 Å². The summed E-state index contributed by atoms with van der Waals surface area (Å²) in [5, 5.41) is 3.75. The van der Waals surface area contributed by atoms with Crippen LogP contribution in [0.5, 0.6) is 0 Å². The number of hydrogen-bond acceptors (Lipinski definition) is 5. The highest BCUT2D eigenvalue weighted by Gasteiger charge is 2.24. The third-order valence-corrected chi connectivity index (χ3v) is 2.81. The molecule has 1 aromatic rings. The van der Waals surface area contributed by atoms with Gasteiger partial charge in [0, 0.05) is 32.3 Å². The Morgan fingerprint density at radius 3 is 3.29 bits per heavy atom. The summed E-state index contributed by atoms with van der Waals surface area (Å²) in [6, 6.07) is 1.68. The van der Waals surface area contributed by atoms with Gasteiger partial charge in [0.15, 0.2) is 11.5 Å². The Balaban J connectivity index is 2.02. The number of carbonyl (C=O) groups excluding carboxylic acids is 1. The molecule has 0 aliphatic carbocycles. The van der Waals surface area contributed by atoms with Crippen LogP contribution in [0.4, 0.5) is 0 Å². The highest BCUT2D eigenvalue weighted by atomic mass is 16.5. The zero-order valence-electron chi connectivity index (χ0n) is 9.89. The van der Waals surface area contributed by atoms with Crippen LogP contribution in [0.15, 0.2) is 10.6 Å². The van der Waals surface area contributed by atoms with E-state index >= 15 is 0 Å². The fraction of sp³-hybridized carbons (Fsp3) is 0.636. The quantitative estimate of drug-likeness (QED) is 0.824. The first kappa shape index (κ1) is 12.1. The summed E-state index contributed by atoms with van der Waals surface area (Å²) in [5.74, 6) is 0.434. The van der Waals surface area contributed by atoms with Gasteiger partial charge in [-0.05, 0) is 12.8 Å². The number of ether oxygens (including phenoxy) is 1. The lowest BCUT2D eigenvalue weighted by Crippen LogP contribution is -2.45. The average molecular weight is 239 g/mol. The van der Waals surface area contributed by atoms with Crippen LogP contribution < -0.4 is 5.73 Å². The van der Waals surface area contributed by atoms with Crippen LogP contribution in [-0.4, -0.2) is 42.2 Å². The monoisotopic (exact) mass is 239 g/mol. The van der Waals surface area contributed by atoms with Gasteiger partial charge in [-0.15, -0.1) is 0 Å². The molecule has 6 heteroatoms. The van der Waals surface area contributed by atoms with E-state index in [0.29, 0.717) is 24.6 Å². The van der Waals surface area contributed by atoms with Gasteiger partial charge in [0.1, 0.15) is 6.61 Å². The molecule has 6 nitrogen and oxygen atoms in total. The zero-order chi connectivity index (χ0) is 12.3. The molecule has 1 aliphatic heterocycles. The molecule has 2 heterocycles. The van der Waals surface area contributed by atoms with E-state index in [-0.39, 0.29) is 11.9 Å². The Morgan fingerprint density at radius 2 is 2.59 bits per heavy atom. The number of aromatic nitrogens is 1. The molecule has 17 heavy (non-hydrogen) atoms. The largest absolute Gasteiger partial charge is 0.377 e. The number of nitrogens with zero attached hydrogens (tertiary/aromatic N) is 2. The van der Waals surface area contributed by atoms with E-state index < -0.39 is 0 Å². The number of amides is 1. The summed E-state index contributed by atoms with van der Waals surface area (Å²) in [5.41, 5.74) is 6.16. The molecule has 1 amide bonds. The fourth-order valence-electron chi connectivity index (χ4n) is 1.98. The predicted molar refractivity (Wildman–Crippen MR) is 60.3 cm³/mol. The maximum absolute atomic E-state index is 12.1. The second kappa shape index (κ2) is 5.29. The zero-order valence-corrected chi connectivity index (χ0v) is 9.89. The molecular formula is C11H17N3O3. The van der Waals surface area contributed by atoms with Gasteiger partial charge in [-0.3, -0.25) is 4.79 Å². The number of hydrogen-bond donors (Lipinski definition) is 1. The highest BCUT2D eigenvalue weighted by Crippen LogP contribution is 2.13. The van der Waals surface area contributed by atoms with Crippen molar-refractivity contribution in [1.82, 2.24) is 10.1 Å². The predicted octanol–water partition coefficient (Wildman–Crippen LogP) is 0.384. The van der Waals surface area contributed by atoms with E-state index in [1.807, 2.05) is 0 Å². The van der Waals surface area contributed by atoms with Gasteiger partial charge in [0.2, 0.25) is 0 Å². The van der Waals surface area contributed by atoms with Crippen molar-refractivity contribution >= 4 is 5.91 Å². The molecule has 0 spiro atoms. The highest BCUT2D eigenvalue weighted by molar-refractivity contribution is 5.92. The Morgan fingerprint density at radius 1 is 1.76 bits per heavy atom. The van der Waals surface area contributed by atoms with Crippen molar-refractivity contribution in [2.24, 2.45) is 5.73 Å². The molecule has 2 rings (SSSR count). The summed E-state index contributed by atoms with van der Waals surface area (Å²) in [4.78, 5) is 13.8. The van der Waals surface area contributed by atoms with Gasteiger partial charge < -0.3 is 19.9 Å². The molecule has 0 bridgehead atoms. The SMILES string of the molecule is COCc1cc(C(=O)N2CCC[C@@H](N)C2)no1. The lowest BCUT2D eigenvalue weighted by atomic mass is 10.1. The van der Waals surface area contributed by atoms with Crippen LogP contribution in [0.2, 0.25) is 0 Å². The van der Waals surface area contributed by atoms with Gasteiger partial charge in [-0.1, -0.05) is 5.16 Å². The first-order chi connectivity index (χ1) is 8.20.